The lowest BCUT2D eigenvalue weighted by Gasteiger charge is -1.94. The molecule has 0 fully saturated rings. The number of hydrogen-bond acceptors (Lipinski definition) is 7. The van der Waals surface area contributed by atoms with Crippen LogP contribution >= 0.6 is 11.3 Å². The van der Waals surface area contributed by atoms with Crippen molar-refractivity contribution < 1.29 is 14.0 Å². The number of aryl methyl sites for hydroxylation is 1. The molecule has 2 aromatic heterocycles. The normalized spacial score (nSPS) is 11.0. The number of thiazole rings is 1. The molecule has 0 aliphatic carbocycles. The van der Waals surface area contributed by atoms with Gasteiger partial charge in [0.05, 0.1) is 6.26 Å². The average Bonchev–Trinajstić information content (AvgIpc) is 3.01. The van der Waals surface area contributed by atoms with E-state index in [2.05, 4.69) is 15.0 Å². The molecule has 2 rings (SSSR count). The largest absolute Gasteiger partial charge is 0.457 e. The van der Waals surface area contributed by atoms with Crippen LogP contribution in [0.3, 0.4) is 0 Å². The Labute approximate surface area is 106 Å². The first kappa shape index (κ1) is 12.0. The topological polar surface area (TPSA) is 88.5 Å². The van der Waals surface area contributed by atoms with E-state index in [1.165, 1.54) is 23.7 Å². The SMILES string of the molecule is Cc1csc(C(C#N)=NOC(=O)c2ccco2)n1. The van der Waals surface area contributed by atoms with E-state index in [-0.39, 0.29) is 11.5 Å². The quantitative estimate of drug-likeness (QED) is 0.479. The summed E-state index contributed by atoms with van der Waals surface area (Å²) >= 11 is 1.25. The molecule has 0 aliphatic heterocycles. The minimum absolute atomic E-state index is 0.0198. The van der Waals surface area contributed by atoms with Gasteiger partial charge in [-0.2, -0.15) is 5.26 Å². The molecule has 2 heterocycles. The maximum atomic E-state index is 11.4. The molecule has 0 spiro atoms. The van der Waals surface area contributed by atoms with Crippen molar-refractivity contribution in [3.63, 3.8) is 0 Å². The molecule has 6 nitrogen and oxygen atoms in total. The van der Waals surface area contributed by atoms with Gasteiger partial charge < -0.3 is 9.25 Å². The van der Waals surface area contributed by atoms with Crippen LogP contribution in [0.25, 0.3) is 0 Å². The van der Waals surface area contributed by atoms with Crippen molar-refractivity contribution in [2.24, 2.45) is 5.16 Å². The van der Waals surface area contributed by atoms with Gasteiger partial charge >= 0.3 is 5.97 Å². The summed E-state index contributed by atoms with van der Waals surface area (Å²) in [5.41, 5.74) is 0.725. The number of nitriles is 1. The number of aromatic nitrogens is 1. The van der Waals surface area contributed by atoms with Crippen LogP contribution < -0.4 is 0 Å². The Hall–Kier alpha value is -2.46. The zero-order chi connectivity index (χ0) is 13.0. The second kappa shape index (κ2) is 5.25. The summed E-state index contributed by atoms with van der Waals surface area (Å²) in [5, 5.41) is 14.6. The summed E-state index contributed by atoms with van der Waals surface area (Å²) in [4.78, 5) is 20.1. The van der Waals surface area contributed by atoms with E-state index in [0.29, 0.717) is 5.01 Å². The van der Waals surface area contributed by atoms with Crippen molar-refractivity contribution in [3.8, 4) is 6.07 Å². The Kier molecular flexibility index (Phi) is 3.50. The molecule has 0 bridgehead atoms. The molecule has 90 valence electrons. The van der Waals surface area contributed by atoms with Gasteiger partial charge in [-0.15, -0.1) is 11.3 Å². The van der Waals surface area contributed by atoms with Crippen molar-refractivity contribution in [2.75, 3.05) is 0 Å². The van der Waals surface area contributed by atoms with Crippen molar-refractivity contribution in [3.05, 3.63) is 40.2 Å². The van der Waals surface area contributed by atoms with Crippen LogP contribution in [-0.2, 0) is 4.84 Å². The molecule has 0 N–H and O–H groups in total. The van der Waals surface area contributed by atoms with Crippen molar-refractivity contribution in [2.45, 2.75) is 6.92 Å². The molecule has 0 aromatic carbocycles. The van der Waals surface area contributed by atoms with Gasteiger partial charge in [0.2, 0.25) is 11.5 Å². The Bertz CT molecular complexity index is 622. The maximum absolute atomic E-state index is 11.4. The van der Waals surface area contributed by atoms with E-state index < -0.39 is 5.97 Å². The van der Waals surface area contributed by atoms with Gasteiger partial charge in [0.15, 0.2) is 5.01 Å². The van der Waals surface area contributed by atoms with Gasteiger partial charge in [0.25, 0.3) is 0 Å². The van der Waals surface area contributed by atoms with Crippen LogP contribution in [-0.4, -0.2) is 16.7 Å². The predicted octanol–water partition coefficient (Wildman–Crippen LogP) is 2.13. The monoisotopic (exact) mass is 261 g/mol. The molecule has 0 radical (unpaired) electrons. The molecular weight excluding hydrogens is 254 g/mol. The Morgan fingerprint density at radius 3 is 3.06 bits per heavy atom. The molecule has 7 heteroatoms. The van der Waals surface area contributed by atoms with Gasteiger partial charge in [0, 0.05) is 11.1 Å². The summed E-state index contributed by atoms with van der Waals surface area (Å²) < 4.78 is 4.83. The van der Waals surface area contributed by atoms with E-state index in [0.717, 1.165) is 5.69 Å². The van der Waals surface area contributed by atoms with E-state index in [1.54, 1.807) is 18.4 Å². The zero-order valence-corrected chi connectivity index (χ0v) is 10.1. The van der Waals surface area contributed by atoms with Crippen molar-refractivity contribution in [1.29, 1.82) is 5.26 Å². The number of oxime groups is 1. The number of rotatable bonds is 3. The maximum Gasteiger partial charge on any atom is 0.400 e. The molecule has 0 amide bonds. The third-order valence-electron chi connectivity index (χ3n) is 1.87. The highest BCUT2D eigenvalue weighted by atomic mass is 32.1. The smallest absolute Gasteiger partial charge is 0.400 e. The molecule has 0 unspecified atom stereocenters. The van der Waals surface area contributed by atoms with Gasteiger partial charge in [-0.05, 0) is 19.1 Å². The van der Waals surface area contributed by atoms with Crippen molar-refractivity contribution >= 4 is 23.0 Å². The summed E-state index contributed by atoms with van der Waals surface area (Å²) in [6, 6.07) is 4.82. The van der Waals surface area contributed by atoms with Crippen LogP contribution in [0.4, 0.5) is 0 Å². The standard InChI is InChI=1S/C11H7N3O3S/c1-7-6-18-10(13-7)8(5-12)14-17-11(15)9-3-2-4-16-9/h2-4,6H,1H3. The Morgan fingerprint density at radius 1 is 1.67 bits per heavy atom. The Balaban J connectivity index is 2.12. The summed E-state index contributed by atoms with van der Waals surface area (Å²) in [7, 11) is 0. The third kappa shape index (κ3) is 2.61. The first-order valence-corrected chi connectivity index (χ1v) is 5.74. The fraction of sp³-hybridized carbons (Fsp3) is 0.0909. The summed E-state index contributed by atoms with van der Waals surface area (Å²) in [6.45, 7) is 1.80. The predicted molar refractivity (Wildman–Crippen MR) is 63.1 cm³/mol. The number of hydrogen-bond donors (Lipinski definition) is 0. The van der Waals surface area contributed by atoms with Crippen LogP contribution in [0.2, 0.25) is 0 Å². The van der Waals surface area contributed by atoms with Crippen LogP contribution in [0.15, 0.2) is 33.3 Å². The molecule has 2 aromatic rings. The third-order valence-corrected chi connectivity index (χ3v) is 2.84. The van der Waals surface area contributed by atoms with Crippen LogP contribution in [0.5, 0.6) is 0 Å². The van der Waals surface area contributed by atoms with Crippen LogP contribution in [0.1, 0.15) is 21.3 Å². The van der Waals surface area contributed by atoms with E-state index >= 15 is 0 Å². The number of nitrogens with zero attached hydrogens (tertiary/aromatic N) is 3. The molecule has 0 aliphatic rings. The first-order chi connectivity index (χ1) is 8.70. The van der Waals surface area contributed by atoms with Gasteiger partial charge in [-0.3, -0.25) is 0 Å². The van der Waals surface area contributed by atoms with Gasteiger partial charge in [-0.1, -0.05) is 5.16 Å². The number of carbonyl (C=O) groups excluding carboxylic acids is 1. The lowest BCUT2D eigenvalue weighted by molar-refractivity contribution is 0.0481. The van der Waals surface area contributed by atoms with E-state index in [9.17, 15) is 4.79 Å². The molecule has 0 saturated carbocycles. The fourth-order valence-corrected chi connectivity index (χ4v) is 1.82. The lowest BCUT2D eigenvalue weighted by Crippen LogP contribution is -2.03. The number of furan rings is 1. The summed E-state index contributed by atoms with van der Waals surface area (Å²) in [6.07, 6.45) is 1.34. The second-order valence-electron chi connectivity index (χ2n) is 3.20. The first-order valence-electron chi connectivity index (χ1n) is 4.86. The lowest BCUT2D eigenvalue weighted by atomic mass is 10.4. The van der Waals surface area contributed by atoms with E-state index in [1.807, 2.05) is 6.07 Å². The average molecular weight is 261 g/mol. The van der Waals surface area contributed by atoms with Crippen LogP contribution in [0, 0.1) is 18.3 Å². The van der Waals surface area contributed by atoms with Gasteiger partial charge in [-0.25, -0.2) is 9.78 Å². The highest BCUT2D eigenvalue weighted by Crippen LogP contribution is 2.10. The minimum atomic E-state index is -0.763. The molecule has 0 atom stereocenters. The van der Waals surface area contributed by atoms with E-state index in [4.69, 9.17) is 9.68 Å². The van der Waals surface area contributed by atoms with Crippen molar-refractivity contribution in [1.82, 2.24) is 4.98 Å². The Morgan fingerprint density at radius 2 is 2.50 bits per heavy atom. The molecular formula is C11H7N3O3S. The zero-order valence-electron chi connectivity index (χ0n) is 9.28. The summed E-state index contributed by atoms with van der Waals surface area (Å²) in [5.74, 6) is -0.743. The highest BCUT2D eigenvalue weighted by Gasteiger charge is 2.13. The second-order valence-corrected chi connectivity index (χ2v) is 4.06. The fourth-order valence-electron chi connectivity index (χ4n) is 1.10. The molecule has 18 heavy (non-hydrogen) atoms. The van der Waals surface area contributed by atoms with Gasteiger partial charge in [0.1, 0.15) is 6.07 Å². The number of carbonyl (C=O) groups is 1. The minimum Gasteiger partial charge on any atom is -0.457 e. The molecule has 0 saturated heterocycles. The highest BCUT2D eigenvalue weighted by molar-refractivity contribution is 7.12.